The Morgan fingerprint density at radius 1 is 0.658 bits per heavy atom. The van der Waals surface area contributed by atoms with Crippen LogP contribution in [0.2, 0.25) is 0 Å². The molecule has 3 heteroatoms. The Labute approximate surface area is 228 Å². The van der Waals surface area contributed by atoms with Crippen LogP contribution in [0, 0.1) is 0 Å². The standard InChI is InChI=1S/C35H42O3/c1-3-5-7-9-11-13-27-15-19-29(20-16-27)34-26-31-25-30(21-24-33(31)38-34)35(36)37-32-22-17-28(18-23-32)14-12-10-8-6-4-2/h15-26H,3-14H2,1-2H3. The average Bonchev–Trinajstić information content (AvgIpc) is 3.38. The van der Waals surface area contributed by atoms with Gasteiger partial charge in [-0.05, 0) is 73.2 Å². The molecule has 4 aromatic rings. The Morgan fingerprint density at radius 2 is 1.24 bits per heavy atom. The molecule has 3 nitrogen and oxygen atoms in total. The van der Waals surface area contributed by atoms with Crippen molar-refractivity contribution in [3.8, 4) is 17.1 Å². The molecule has 0 amide bonds. The van der Waals surface area contributed by atoms with Crippen LogP contribution >= 0.6 is 0 Å². The van der Waals surface area contributed by atoms with Gasteiger partial charge in [-0.25, -0.2) is 4.79 Å². The number of esters is 1. The summed E-state index contributed by atoms with van der Waals surface area (Å²) in [6.07, 6.45) is 15.0. The van der Waals surface area contributed by atoms with Gasteiger partial charge in [0.2, 0.25) is 0 Å². The third kappa shape index (κ3) is 8.08. The first-order chi connectivity index (χ1) is 18.7. The van der Waals surface area contributed by atoms with Crippen LogP contribution in [-0.2, 0) is 12.8 Å². The first-order valence-corrected chi connectivity index (χ1v) is 14.6. The SMILES string of the molecule is CCCCCCCc1ccc(OC(=O)c2ccc3oc(-c4ccc(CCCCCCC)cc4)cc3c2)cc1. The first-order valence-electron chi connectivity index (χ1n) is 14.6. The molecule has 0 N–H and O–H groups in total. The summed E-state index contributed by atoms with van der Waals surface area (Å²) in [5, 5.41) is 0.896. The summed E-state index contributed by atoms with van der Waals surface area (Å²) in [6, 6.07) is 24.0. The van der Waals surface area contributed by atoms with Gasteiger partial charge in [0.15, 0.2) is 0 Å². The van der Waals surface area contributed by atoms with Crippen LogP contribution < -0.4 is 4.74 Å². The molecule has 0 atom stereocenters. The second-order valence-electron chi connectivity index (χ2n) is 10.4. The van der Waals surface area contributed by atoms with Crippen LogP contribution in [0.5, 0.6) is 5.75 Å². The van der Waals surface area contributed by atoms with E-state index in [-0.39, 0.29) is 5.97 Å². The van der Waals surface area contributed by atoms with Gasteiger partial charge in [0.1, 0.15) is 17.1 Å². The van der Waals surface area contributed by atoms with Crippen LogP contribution in [0.4, 0.5) is 0 Å². The van der Waals surface area contributed by atoms with Crippen molar-refractivity contribution in [3.05, 3.63) is 89.5 Å². The highest BCUT2D eigenvalue weighted by Crippen LogP contribution is 2.29. The summed E-state index contributed by atoms with van der Waals surface area (Å²) in [5.41, 5.74) is 4.98. The summed E-state index contributed by atoms with van der Waals surface area (Å²) in [6.45, 7) is 4.49. The zero-order valence-electron chi connectivity index (χ0n) is 23.1. The fraction of sp³-hybridized carbons (Fsp3) is 0.400. The second-order valence-corrected chi connectivity index (χ2v) is 10.4. The lowest BCUT2D eigenvalue weighted by Gasteiger charge is -2.06. The fourth-order valence-corrected chi connectivity index (χ4v) is 4.90. The largest absolute Gasteiger partial charge is 0.456 e. The van der Waals surface area contributed by atoms with E-state index < -0.39 is 0 Å². The molecular weight excluding hydrogens is 468 g/mol. The number of carbonyl (C=O) groups is 1. The van der Waals surface area contributed by atoms with E-state index in [1.807, 2.05) is 30.3 Å². The van der Waals surface area contributed by atoms with Gasteiger partial charge < -0.3 is 9.15 Å². The highest BCUT2D eigenvalue weighted by Gasteiger charge is 2.13. The van der Waals surface area contributed by atoms with E-state index in [0.29, 0.717) is 11.3 Å². The number of aryl methyl sites for hydroxylation is 2. The van der Waals surface area contributed by atoms with Crippen LogP contribution in [0.1, 0.15) is 99.5 Å². The van der Waals surface area contributed by atoms with E-state index in [0.717, 1.165) is 35.1 Å². The number of fused-ring (bicyclic) bond motifs is 1. The average molecular weight is 511 g/mol. The number of rotatable bonds is 15. The van der Waals surface area contributed by atoms with Crippen molar-refractivity contribution in [1.29, 1.82) is 0 Å². The predicted molar refractivity (Wildman–Crippen MR) is 158 cm³/mol. The van der Waals surface area contributed by atoms with Gasteiger partial charge in [-0.2, -0.15) is 0 Å². The van der Waals surface area contributed by atoms with Gasteiger partial charge in [0.25, 0.3) is 0 Å². The molecular formula is C35H42O3. The summed E-state index contributed by atoms with van der Waals surface area (Å²) in [4.78, 5) is 12.8. The number of carbonyl (C=O) groups excluding carboxylic acids is 1. The highest BCUT2D eigenvalue weighted by atomic mass is 16.5. The molecule has 1 aromatic heterocycles. The summed E-state index contributed by atoms with van der Waals surface area (Å²) < 4.78 is 11.7. The monoisotopic (exact) mass is 510 g/mol. The van der Waals surface area contributed by atoms with E-state index >= 15 is 0 Å². The molecule has 0 radical (unpaired) electrons. The molecule has 0 aliphatic carbocycles. The molecule has 0 spiro atoms. The number of benzene rings is 3. The van der Waals surface area contributed by atoms with Crippen molar-refractivity contribution in [3.63, 3.8) is 0 Å². The van der Waals surface area contributed by atoms with Gasteiger partial charge in [0.05, 0.1) is 5.56 Å². The molecule has 0 aliphatic heterocycles. The van der Waals surface area contributed by atoms with Gasteiger partial charge in [-0.15, -0.1) is 0 Å². The molecule has 1 heterocycles. The minimum Gasteiger partial charge on any atom is -0.456 e. The van der Waals surface area contributed by atoms with Crippen molar-refractivity contribution < 1.29 is 13.9 Å². The number of hydrogen-bond acceptors (Lipinski definition) is 3. The van der Waals surface area contributed by atoms with E-state index in [2.05, 4.69) is 50.2 Å². The molecule has 200 valence electrons. The van der Waals surface area contributed by atoms with Crippen molar-refractivity contribution in [2.75, 3.05) is 0 Å². The molecule has 0 aliphatic rings. The third-order valence-electron chi connectivity index (χ3n) is 7.26. The molecule has 0 bridgehead atoms. The Bertz CT molecular complexity index is 1270. The summed E-state index contributed by atoms with van der Waals surface area (Å²) in [7, 11) is 0. The van der Waals surface area contributed by atoms with Gasteiger partial charge >= 0.3 is 5.97 Å². The quantitative estimate of drug-likeness (QED) is 0.0907. The zero-order valence-corrected chi connectivity index (χ0v) is 23.1. The number of furan rings is 1. The van der Waals surface area contributed by atoms with Crippen LogP contribution in [-0.4, -0.2) is 5.97 Å². The summed E-state index contributed by atoms with van der Waals surface area (Å²) >= 11 is 0. The van der Waals surface area contributed by atoms with Crippen LogP contribution in [0.15, 0.2) is 77.2 Å². The zero-order chi connectivity index (χ0) is 26.6. The lowest BCUT2D eigenvalue weighted by molar-refractivity contribution is 0.0735. The molecule has 38 heavy (non-hydrogen) atoms. The molecule has 3 aromatic carbocycles. The number of unbranched alkanes of at least 4 members (excludes halogenated alkanes) is 8. The van der Waals surface area contributed by atoms with E-state index in [9.17, 15) is 4.79 Å². The fourth-order valence-electron chi connectivity index (χ4n) is 4.90. The van der Waals surface area contributed by atoms with Gasteiger partial charge in [0, 0.05) is 10.9 Å². The first kappa shape index (κ1) is 27.7. The Hall–Kier alpha value is -3.33. The Kier molecular flexibility index (Phi) is 10.6. The number of ether oxygens (including phenoxy) is 1. The smallest absolute Gasteiger partial charge is 0.343 e. The lowest BCUT2D eigenvalue weighted by Crippen LogP contribution is -2.08. The second kappa shape index (κ2) is 14.6. The maximum absolute atomic E-state index is 12.8. The predicted octanol–water partition coefficient (Wildman–Crippen LogP) is 10.3. The van der Waals surface area contributed by atoms with Crippen molar-refractivity contribution in [1.82, 2.24) is 0 Å². The van der Waals surface area contributed by atoms with Crippen molar-refractivity contribution in [2.24, 2.45) is 0 Å². The molecule has 0 unspecified atom stereocenters. The molecule has 0 saturated heterocycles. The minimum atomic E-state index is -0.356. The lowest BCUT2D eigenvalue weighted by atomic mass is 10.0. The van der Waals surface area contributed by atoms with Gasteiger partial charge in [-0.1, -0.05) is 102 Å². The maximum Gasteiger partial charge on any atom is 0.343 e. The third-order valence-corrected chi connectivity index (χ3v) is 7.26. The highest BCUT2D eigenvalue weighted by molar-refractivity contribution is 5.96. The maximum atomic E-state index is 12.8. The van der Waals surface area contributed by atoms with Crippen LogP contribution in [0.3, 0.4) is 0 Å². The van der Waals surface area contributed by atoms with Crippen LogP contribution in [0.25, 0.3) is 22.3 Å². The topological polar surface area (TPSA) is 39.4 Å². The van der Waals surface area contributed by atoms with Crippen molar-refractivity contribution >= 4 is 16.9 Å². The normalized spacial score (nSPS) is 11.2. The van der Waals surface area contributed by atoms with E-state index in [1.54, 1.807) is 6.07 Å². The van der Waals surface area contributed by atoms with E-state index in [1.165, 1.54) is 75.3 Å². The molecule has 4 rings (SSSR count). The number of hydrogen-bond donors (Lipinski definition) is 0. The van der Waals surface area contributed by atoms with Crippen molar-refractivity contribution in [2.45, 2.75) is 90.9 Å². The Morgan fingerprint density at radius 3 is 1.84 bits per heavy atom. The molecule has 0 fully saturated rings. The Balaban J connectivity index is 1.33. The van der Waals surface area contributed by atoms with Gasteiger partial charge in [-0.3, -0.25) is 0 Å². The minimum absolute atomic E-state index is 0.356. The summed E-state index contributed by atoms with van der Waals surface area (Å²) in [5.74, 6) is 1.03. The molecule has 0 saturated carbocycles. The van der Waals surface area contributed by atoms with E-state index in [4.69, 9.17) is 9.15 Å².